The molecule has 0 bridgehead atoms. The Bertz CT molecular complexity index is 1520. The minimum Gasteiger partial charge on any atom is -0.493 e. The van der Waals surface area contributed by atoms with Crippen LogP contribution in [-0.4, -0.2) is 95.1 Å². The average Bonchev–Trinajstić information content (AvgIpc) is 3.07. The van der Waals surface area contributed by atoms with Gasteiger partial charge in [-0.2, -0.15) is 11.8 Å². The number of nitro groups is 1. The first-order valence-electron chi connectivity index (χ1n) is 16.3. The molecule has 0 atom stereocenters. The van der Waals surface area contributed by atoms with E-state index in [1.807, 2.05) is 0 Å². The van der Waals surface area contributed by atoms with E-state index in [4.69, 9.17) is 14.2 Å². The Hall–Kier alpha value is -3.26. The largest absolute Gasteiger partial charge is 0.493 e. The molecule has 0 saturated carbocycles. The number of aromatic nitrogens is 2. The second-order valence-electron chi connectivity index (χ2n) is 12.4. The van der Waals surface area contributed by atoms with Gasteiger partial charge < -0.3 is 29.0 Å². The molecule has 3 aliphatic rings. The van der Waals surface area contributed by atoms with E-state index >= 15 is 0 Å². The maximum atomic E-state index is 14.9. The van der Waals surface area contributed by atoms with Crippen molar-refractivity contribution >= 4 is 28.4 Å². The van der Waals surface area contributed by atoms with Crippen LogP contribution < -0.4 is 15.0 Å². The lowest BCUT2D eigenvalue weighted by Crippen LogP contribution is -2.44. The van der Waals surface area contributed by atoms with Crippen LogP contribution in [0.15, 0.2) is 41.2 Å². The third kappa shape index (κ3) is 8.75. The summed E-state index contributed by atoms with van der Waals surface area (Å²) < 4.78 is 32.5. The zero-order chi connectivity index (χ0) is 31.9. The SMILES string of the molecule is O=c1[nH]c(CSC2CCOCC2)nc2cc(OCC3CCN(CCN4CCC(Oc5ccc([N+](=O)[O-])cc5)CC4)CC3)cc(F)c12. The van der Waals surface area contributed by atoms with E-state index in [1.165, 1.54) is 18.2 Å². The van der Waals surface area contributed by atoms with Gasteiger partial charge in [-0.15, -0.1) is 0 Å². The lowest BCUT2D eigenvalue weighted by atomic mass is 9.98. The summed E-state index contributed by atoms with van der Waals surface area (Å²) in [7, 11) is 0. The van der Waals surface area contributed by atoms with Crippen molar-refractivity contribution in [2.24, 2.45) is 5.92 Å². The number of hydrogen-bond acceptors (Lipinski definition) is 10. The number of hydrogen-bond donors (Lipinski definition) is 1. The van der Waals surface area contributed by atoms with E-state index < -0.39 is 16.3 Å². The second-order valence-corrected chi connectivity index (χ2v) is 13.7. The van der Waals surface area contributed by atoms with Crippen LogP contribution in [0.2, 0.25) is 0 Å². The summed E-state index contributed by atoms with van der Waals surface area (Å²) in [6.45, 7) is 8.02. The minimum atomic E-state index is -0.610. The van der Waals surface area contributed by atoms with Crippen molar-refractivity contribution in [2.45, 2.75) is 55.6 Å². The van der Waals surface area contributed by atoms with E-state index in [-0.39, 0.29) is 17.2 Å². The highest BCUT2D eigenvalue weighted by molar-refractivity contribution is 7.99. The van der Waals surface area contributed by atoms with Crippen LogP contribution in [0.3, 0.4) is 0 Å². The maximum absolute atomic E-state index is 14.9. The van der Waals surface area contributed by atoms with Crippen LogP contribution in [0.25, 0.3) is 10.9 Å². The Morgan fingerprint density at radius 1 is 0.978 bits per heavy atom. The molecule has 4 heterocycles. The number of non-ortho nitro benzene ring substituents is 1. The van der Waals surface area contributed by atoms with Crippen LogP contribution in [0.1, 0.15) is 44.3 Å². The number of H-pyrrole nitrogens is 1. The van der Waals surface area contributed by atoms with Gasteiger partial charge in [0.2, 0.25) is 0 Å². The predicted molar refractivity (Wildman–Crippen MR) is 175 cm³/mol. The number of rotatable bonds is 12. The third-order valence-corrected chi connectivity index (χ3v) is 10.6. The molecule has 1 aromatic heterocycles. The molecule has 0 spiro atoms. The Morgan fingerprint density at radius 2 is 1.65 bits per heavy atom. The number of thioether (sulfide) groups is 1. The molecule has 11 nitrogen and oxygen atoms in total. The standard InChI is InChI=1S/C33H42FN5O6S/c34-29-19-27(20-30-32(29)33(40)36-31(35-30)22-46-28-9-17-43-18-10-28)44-21-23-5-11-37(12-6-23)15-16-38-13-7-26(8-14-38)45-25-3-1-24(2-4-25)39(41)42/h1-4,19-20,23,26,28H,5-18,21-22H2,(H,35,36,40). The van der Waals surface area contributed by atoms with Crippen molar-refractivity contribution in [2.75, 3.05) is 59.1 Å². The molecule has 3 aliphatic heterocycles. The summed E-state index contributed by atoms with van der Waals surface area (Å²) in [6, 6.07) is 9.28. The third-order valence-electron chi connectivity index (χ3n) is 9.22. The summed E-state index contributed by atoms with van der Waals surface area (Å²) in [5.41, 5.74) is -0.0534. The van der Waals surface area contributed by atoms with Crippen LogP contribution in [0, 0.1) is 21.8 Å². The topological polar surface area (TPSA) is 123 Å². The van der Waals surface area contributed by atoms with Crippen molar-refractivity contribution < 1.29 is 23.5 Å². The Balaban J connectivity index is 0.908. The number of nitro benzene ring substituents is 1. The molecule has 248 valence electrons. The molecule has 0 amide bonds. The Labute approximate surface area is 271 Å². The van der Waals surface area contributed by atoms with Crippen molar-refractivity contribution in [3.8, 4) is 11.5 Å². The van der Waals surface area contributed by atoms with Gasteiger partial charge >= 0.3 is 0 Å². The number of fused-ring (bicyclic) bond motifs is 1. The molecular formula is C33H42FN5O6S. The molecule has 2 aromatic carbocycles. The van der Waals surface area contributed by atoms with Gasteiger partial charge in [0.25, 0.3) is 11.2 Å². The number of piperidine rings is 2. The zero-order valence-electron chi connectivity index (χ0n) is 26.0. The van der Waals surface area contributed by atoms with Gasteiger partial charge in [0.05, 0.1) is 22.8 Å². The highest BCUT2D eigenvalue weighted by atomic mass is 32.2. The molecule has 3 saturated heterocycles. The normalized spacial score (nSPS) is 19.4. The molecule has 3 fully saturated rings. The number of aromatic amines is 1. The van der Waals surface area contributed by atoms with Gasteiger partial charge in [0.1, 0.15) is 34.6 Å². The number of halogens is 1. The fourth-order valence-electron chi connectivity index (χ4n) is 6.40. The smallest absolute Gasteiger partial charge is 0.269 e. The van der Waals surface area contributed by atoms with Gasteiger partial charge in [-0.25, -0.2) is 9.37 Å². The van der Waals surface area contributed by atoms with Crippen molar-refractivity contribution in [3.63, 3.8) is 0 Å². The fourth-order valence-corrected chi connectivity index (χ4v) is 7.46. The molecule has 1 N–H and O–H groups in total. The van der Waals surface area contributed by atoms with Gasteiger partial charge in [-0.1, -0.05) is 0 Å². The number of benzene rings is 2. The first kappa shape index (κ1) is 32.7. The van der Waals surface area contributed by atoms with Crippen LogP contribution in [0.5, 0.6) is 11.5 Å². The molecule has 6 rings (SSSR count). The predicted octanol–water partition coefficient (Wildman–Crippen LogP) is 5.02. The van der Waals surface area contributed by atoms with Crippen molar-refractivity contribution in [1.29, 1.82) is 0 Å². The Morgan fingerprint density at radius 3 is 2.33 bits per heavy atom. The van der Waals surface area contributed by atoms with E-state index in [9.17, 15) is 19.3 Å². The number of likely N-dealkylation sites (tertiary alicyclic amines) is 2. The van der Waals surface area contributed by atoms with Crippen molar-refractivity contribution in [3.05, 3.63) is 68.5 Å². The van der Waals surface area contributed by atoms with Gasteiger partial charge in [-0.05, 0) is 69.7 Å². The molecule has 3 aromatic rings. The molecule has 0 unspecified atom stereocenters. The minimum absolute atomic E-state index is 0.0262. The van der Waals surface area contributed by atoms with E-state index in [2.05, 4.69) is 19.8 Å². The number of nitrogens with zero attached hydrogens (tertiary/aromatic N) is 4. The summed E-state index contributed by atoms with van der Waals surface area (Å²) in [5, 5.41) is 11.3. The van der Waals surface area contributed by atoms with Gasteiger partial charge in [0, 0.05) is 68.9 Å². The van der Waals surface area contributed by atoms with Gasteiger partial charge in [0.15, 0.2) is 0 Å². The first-order chi connectivity index (χ1) is 22.4. The highest BCUT2D eigenvalue weighted by Gasteiger charge is 2.24. The molecular weight excluding hydrogens is 613 g/mol. The summed E-state index contributed by atoms with van der Waals surface area (Å²) in [6.07, 6.45) is 6.01. The summed E-state index contributed by atoms with van der Waals surface area (Å²) >= 11 is 1.75. The maximum Gasteiger partial charge on any atom is 0.269 e. The van der Waals surface area contributed by atoms with E-state index in [0.717, 1.165) is 91.0 Å². The van der Waals surface area contributed by atoms with Crippen molar-refractivity contribution in [1.82, 2.24) is 19.8 Å². The molecule has 0 radical (unpaired) electrons. The highest BCUT2D eigenvalue weighted by Crippen LogP contribution is 2.27. The monoisotopic (exact) mass is 655 g/mol. The molecule has 46 heavy (non-hydrogen) atoms. The Kier molecular flexibility index (Phi) is 11.0. The quantitative estimate of drug-likeness (QED) is 0.210. The second kappa shape index (κ2) is 15.6. The van der Waals surface area contributed by atoms with Crippen LogP contribution in [0.4, 0.5) is 10.1 Å². The molecule has 13 heteroatoms. The first-order valence-corrected chi connectivity index (χ1v) is 17.3. The van der Waals surface area contributed by atoms with Crippen LogP contribution in [-0.2, 0) is 10.5 Å². The van der Waals surface area contributed by atoms with E-state index in [0.29, 0.717) is 46.4 Å². The number of nitrogens with one attached hydrogen (secondary N) is 1. The summed E-state index contributed by atoms with van der Waals surface area (Å²) in [4.78, 5) is 35.4. The number of ether oxygens (including phenoxy) is 3. The van der Waals surface area contributed by atoms with Gasteiger partial charge in [-0.3, -0.25) is 14.9 Å². The molecule has 0 aliphatic carbocycles. The van der Waals surface area contributed by atoms with E-state index in [1.54, 1.807) is 30.0 Å². The fraction of sp³-hybridized carbons (Fsp3) is 0.576. The lowest BCUT2D eigenvalue weighted by molar-refractivity contribution is -0.384. The average molecular weight is 656 g/mol. The lowest BCUT2D eigenvalue weighted by Gasteiger charge is -2.36. The zero-order valence-corrected chi connectivity index (χ0v) is 26.9. The van der Waals surface area contributed by atoms with Crippen LogP contribution >= 0.6 is 11.8 Å². The summed E-state index contributed by atoms with van der Waals surface area (Å²) in [5.74, 6) is 1.99.